The van der Waals surface area contributed by atoms with Crippen LogP contribution < -0.4 is 11.1 Å². The molecule has 2 aromatic rings. The maximum absolute atomic E-state index is 13.7. The van der Waals surface area contributed by atoms with Crippen LogP contribution in [0.2, 0.25) is 0 Å². The monoisotopic (exact) mass is 471 g/mol. The second-order valence-electron chi connectivity index (χ2n) is 8.33. The zero-order valence-electron chi connectivity index (χ0n) is 17.8. The van der Waals surface area contributed by atoms with Crippen LogP contribution in [-0.2, 0) is 6.18 Å². The Morgan fingerprint density at radius 1 is 1.38 bits per heavy atom. The van der Waals surface area contributed by atoms with E-state index in [0.29, 0.717) is 23.9 Å². The van der Waals surface area contributed by atoms with Crippen LogP contribution in [0.4, 0.5) is 19.0 Å². The number of anilines is 1. The second-order valence-corrected chi connectivity index (χ2v) is 9.33. The van der Waals surface area contributed by atoms with Gasteiger partial charge in [-0.05, 0) is 39.7 Å². The molecule has 3 rings (SSSR count). The van der Waals surface area contributed by atoms with Crippen LogP contribution in [0.5, 0.6) is 0 Å². The first kappa shape index (κ1) is 23.9. The zero-order chi connectivity index (χ0) is 23.8. The first-order chi connectivity index (χ1) is 14.8. The molecular weight excluding hydrogens is 447 g/mol. The third-order valence-corrected chi connectivity index (χ3v) is 6.08. The van der Waals surface area contributed by atoms with Crippen molar-refractivity contribution in [3.63, 3.8) is 0 Å². The number of aromatic nitrogens is 2. The number of hydrogen-bond donors (Lipinski definition) is 3. The number of aliphatic hydroxyl groups is 1. The number of hydrogen-bond acceptors (Lipinski definition) is 7. The number of carbonyl (C=O) groups excluding carboxylic acids is 2. The highest BCUT2D eigenvalue weighted by Gasteiger charge is 2.38. The number of pyridine rings is 1. The highest BCUT2D eigenvalue weighted by Crippen LogP contribution is 2.41. The van der Waals surface area contributed by atoms with E-state index in [-0.39, 0.29) is 39.5 Å². The van der Waals surface area contributed by atoms with Crippen LogP contribution in [0.25, 0.3) is 10.4 Å². The number of nitrogens with one attached hydrogen (secondary N) is 1. The molecule has 1 fully saturated rings. The summed E-state index contributed by atoms with van der Waals surface area (Å²) < 4.78 is 41.2. The molecule has 1 aliphatic rings. The number of nitrogens with two attached hydrogens (primary N) is 1. The molecule has 0 aliphatic carbocycles. The Balaban J connectivity index is 2.11. The highest BCUT2D eigenvalue weighted by atomic mass is 32.1. The summed E-state index contributed by atoms with van der Waals surface area (Å²) in [6.45, 7) is 5.16. The van der Waals surface area contributed by atoms with Gasteiger partial charge in [-0.2, -0.15) is 13.2 Å². The fraction of sp³-hybridized carbons (Fsp3) is 0.500. The number of nitrogen functional groups attached to an aromatic ring is 1. The van der Waals surface area contributed by atoms with E-state index in [4.69, 9.17) is 5.73 Å². The molecule has 0 saturated carbocycles. The maximum atomic E-state index is 13.7. The number of carbonyl (C=O) groups is 2. The molecule has 0 radical (unpaired) electrons. The third kappa shape index (κ3) is 5.18. The van der Waals surface area contributed by atoms with E-state index in [9.17, 15) is 27.9 Å². The molecule has 1 aliphatic heterocycles. The largest absolute Gasteiger partial charge is 0.417 e. The third-order valence-electron chi connectivity index (χ3n) is 4.99. The van der Waals surface area contributed by atoms with Crippen molar-refractivity contribution in [2.75, 3.05) is 18.8 Å². The lowest BCUT2D eigenvalue weighted by Crippen LogP contribution is -2.38. The smallest absolute Gasteiger partial charge is 0.389 e. The van der Waals surface area contributed by atoms with Crippen molar-refractivity contribution < 1.29 is 27.9 Å². The molecule has 2 amide bonds. The van der Waals surface area contributed by atoms with E-state index < -0.39 is 29.2 Å². The van der Waals surface area contributed by atoms with Crippen molar-refractivity contribution >= 4 is 29.0 Å². The molecule has 4 N–H and O–H groups in total. The highest BCUT2D eigenvalue weighted by molar-refractivity contribution is 7.17. The second kappa shape index (κ2) is 8.66. The fourth-order valence-electron chi connectivity index (χ4n) is 3.37. The van der Waals surface area contributed by atoms with Gasteiger partial charge >= 0.3 is 6.18 Å². The molecule has 32 heavy (non-hydrogen) atoms. The lowest BCUT2D eigenvalue weighted by Gasteiger charge is -2.21. The lowest BCUT2D eigenvalue weighted by molar-refractivity contribution is -0.137. The van der Waals surface area contributed by atoms with Gasteiger partial charge in [-0.1, -0.05) is 0 Å². The van der Waals surface area contributed by atoms with Crippen molar-refractivity contribution in [1.29, 1.82) is 0 Å². The Labute approximate surface area is 186 Å². The summed E-state index contributed by atoms with van der Waals surface area (Å²) in [6.07, 6.45) is -2.29. The molecular formula is C20H24F3N5O3S. The number of thiazole rings is 1. The van der Waals surface area contributed by atoms with Crippen molar-refractivity contribution in [3.05, 3.63) is 28.5 Å². The van der Waals surface area contributed by atoms with Crippen LogP contribution in [0.15, 0.2) is 12.3 Å². The zero-order valence-corrected chi connectivity index (χ0v) is 18.6. The van der Waals surface area contributed by atoms with Gasteiger partial charge in [0.05, 0.1) is 16.0 Å². The lowest BCUT2D eigenvalue weighted by atomic mass is 10.1. The van der Waals surface area contributed by atoms with Gasteiger partial charge in [0.1, 0.15) is 11.5 Å². The van der Waals surface area contributed by atoms with Crippen molar-refractivity contribution in [2.24, 2.45) is 0 Å². The van der Waals surface area contributed by atoms with Gasteiger partial charge in [-0.3, -0.25) is 9.59 Å². The molecule has 2 aromatic heterocycles. The van der Waals surface area contributed by atoms with Crippen LogP contribution in [0.3, 0.4) is 0 Å². The SMILES string of the molecule is C[C@H]1CCCN1C(=O)c1nc(C(=O)NCC(C)(C)O)sc1-c1cnc(N)cc1C(F)(F)F. The molecule has 0 aromatic carbocycles. The maximum Gasteiger partial charge on any atom is 0.417 e. The van der Waals surface area contributed by atoms with E-state index in [2.05, 4.69) is 15.3 Å². The van der Waals surface area contributed by atoms with Gasteiger partial charge in [0.2, 0.25) is 0 Å². The minimum Gasteiger partial charge on any atom is -0.389 e. The van der Waals surface area contributed by atoms with E-state index in [1.807, 2.05) is 6.92 Å². The van der Waals surface area contributed by atoms with Crippen molar-refractivity contribution in [3.8, 4) is 10.4 Å². The average Bonchev–Trinajstić information content (AvgIpc) is 3.31. The number of halogens is 3. The molecule has 174 valence electrons. The summed E-state index contributed by atoms with van der Waals surface area (Å²) in [5.74, 6) is -1.58. The van der Waals surface area contributed by atoms with Gasteiger partial charge in [0.15, 0.2) is 5.01 Å². The molecule has 8 nitrogen and oxygen atoms in total. The van der Waals surface area contributed by atoms with Gasteiger partial charge in [0, 0.05) is 30.9 Å². The molecule has 0 spiro atoms. The van der Waals surface area contributed by atoms with E-state index in [1.54, 1.807) is 0 Å². The molecule has 1 atom stereocenters. The quantitative estimate of drug-likeness (QED) is 0.617. The van der Waals surface area contributed by atoms with Crippen LogP contribution in [0.1, 0.15) is 59.5 Å². The number of amides is 2. The number of likely N-dealkylation sites (tertiary alicyclic amines) is 1. The molecule has 3 heterocycles. The Morgan fingerprint density at radius 3 is 2.62 bits per heavy atom. The Kier molecular flexibility index (Phi) is 6.47. The van der Waals surface area contributed by atoms with E-state index in [1.165, 1.54) is 18.7 Å². The molecule has 1 saturated heterocycles. The summed E-state index contributed by atoms with van der Waals surface area (Å²) in [6, 6.07) is 0.589. The normalized spacial score (nSPS) is 17.0. The summed E-state index contributed by atoms with van der Waals surface area (Å²) >= 11 is 0.663. The molecule has 0 unspecified atom stereocenters. The Morgan fingerprint density at radius 2 is 2.06 bits per heavy atom. The standard InChI is InChI=1S/C20H24F3N5O3S/c1-10-5-4-6-28(10)18(30)14-15(11-8-25-13(24)7-12(11)20(21,22)23)32-17(27-14)16(29)26-9-19(2,3)31/h7-8,10,31H,4-6,9H2,1-3H3,(H2,24,25)(H,26,29)/t10-/m0/s1. The summed E-state index contributed by atoms with van der Waals surface area (Å²) in [5.41, 5.74) is 2.58. The minimum absolute atomic E-state index is 0.101. The topological polar surface area (TPSA) is 121 Å². The van der Waals surface area contributed by atoms with Crippen LogP contribution in [0, 0.1) is 0 Å². The van der Waals surface area contributed by atoms with Gasteiger partial charge in [0.25, 0.3) is 11.8 Å². The molecule has 12 heteroatoms. The first-order valence-electron chi connectivity index (χ1n) is 9.93. The van der Waals surface area contributed by atoms with E-state index in [0.717, 1.165) is 19.0 Å². The van der Waals surface area contributed by atoms with Gasteiger partial charge in [-0.25, -0.2) is 9.97 Å². The van der Waals surface area contributed by atoms with Crippen molar-refractivity contribution in [2.45, 2.75) is 51.4 Å². The Bertz CT molecular complexity index is 1030. The predicted octanol–water partition coefficient (Wildman–Crippen LogP) is 2.93. The number of rotatable bonds is 5. The summed E-state index contributed by atoms with van der Waals surface area (Å²) in [4.78, 5) is 35.1. The fourth-order valence-corrected chi connectivity index (χ4v) is 4.37. The summed E-state index contributed by atoms with van der Waals surface area (Å²) in [7, 11) is 0. The van der Waals surface area contributed by atoms with Crippen LogP contribution in [-0.4, -0.2) is 56.5 Å². The van der Waals surface area contributed by atoms with Gasteiger partial charge in [-0.15, -0.1) is 11.3 Å². The number of alkyl halides is 3. The summed E-state index contributed by atoms with van der Waals surface area (Å²) in [5, 5.41) is 12.1. The average molecular weight is 472 g/mol. The Hall–Kier alpha value is -2.73. The molecule has 0 bridgehead atoms. The predicted molar refractivity (Wildman–Crippen MR) is 113 cm³/mol. The number of nitrogens with zero attached hydrogens (tertiary/aromatic N) is 3. The van der Waals surface area contributed by atoms with Crippen molar-refractivity contribution in [1.82, 2.24) is 20.2 Å². The van der Waals surface area contributed by atoms with E-state index >= 15 is 0 Å². The minimum atomic E-state index is -4.76. The first-order valence-corrected chi connectivity index (χ1v) is 10.7. The van der Waals surface area contributed by atoms with Crippen LogP contribution >= 0.6 is 11.3 Å². The van der Waals surface area contributed by atoms with Gasteiger partial charge < -0.3 is 21.1 Å².